The van der Waals surface area contributed by atoms with E-state index in [9.17, 15) is 9.90 Å². The molecule has 0 bridgehead atoms. The summed E-state index contributed by atoms with van der Waals surface area (Å²) in [7, 11) is 0. The number of carbonyl (C=O) groups excluding carboxylic acids is 1. The number of H-pyrrole nitrogens is 1. The van der Waals surface area contributed by atoms with Crippen molar-refractivity contribution >= 4 is 16.8 Å². The molecule has 1 aliphatic rings. The fourth-order valence-electron chi connectivity index (χ4n) is 3.59. The Morgan fingerprint density at radius 3 is 2.96 bits per heavy atom. The van der Waals surface area contributed by atoms with Gasteiger partial charge < -0.3 is 20.7 Å². The van der Waals surface area contributed by atoms with Crippen LogP contribution in [0.15, 0.2) is 48.7 Å². The van der Waals surface area contributed by atoms with Crippen LogP contribution in [0.4, 0.5) is 0 Å². The van der Waals surface area contributed by atoms with Crippen molar-refractivity contribution in [2.45, 2.75) is 25.4 Å². The fourth-order valence-corrected chi connectivity index (χ4v) is 3.59. The van der Waals surface area contributed by atoms with Gasteiger partial charge in [-0.3, -0.25) is 4.79 Å². The average Bonchev–Trinajstić information content (AvgIpc) is 3.03. The third-order valence-corrected chi connectivity index (χ3v) is 4.95. The Hall–Kier alpha value is -2.79. The van der Waals surface area contributed by atoms with Crippen LogP contribution in [0.2, 0.25) is 0 Å². The van der Waals surface area contributed by atoms with Crippen LogP contribution in [0.5, 0.6) is 5.75 Å². The third kappa shape index (κ3) is 2.98. The van der Waals surface area contributed by atoms with Crippen LogP contribution in [0.3, 0.4) is 0 Å². The van der Waals surface area contributed by atoms with Crippen molar-refractivity contribution in [1.29, 1.82) is 0 Å². The second-order valence-electron chi connectivity index (χ2n) is 6.63. The lowest BCUT2D eigenvalue weighted by Crippen LogP contribution is -2.46. The van der Waals surface area contributed by atoms with Crippen molar-refractivity contribution in [2.75, 3.05) is 6.54 Å². The Morgan fingerprint density at radius 2 is 2.08 bits per heavy atom. The monoisotopic (exact) mass is 335 g/mol. The Labute approximate surface area is 146 Å². The van der Waals surface area contributed by atoms with Gasteiger partial charge in [-0.15, -0.1) is 0 Å². The van der Waals surface area contributed by atoms with Gasteiger partial charge in [0.2, 0.25) is 5.91 Å². The minimum absolute atomic E-state index is 0.0423. The number of nitrogens with two attached hydrogens (primary N) is 1. The number of nitrogens with zero attached hydrogens (tertiary/aromatic N) is 1. The van der Waals surface area contributed by atoms with Crippen molar-refractivity contribution < 1.29 is 9.90 Å². The highest BCUT2D eigenvalue weighted by atomic mass is 16.3. The molecule has 0 saturated carbocycles. The quantitative estimate of drug-likeness (QED) is 0.687. The van der Waals surface area contributed by atoms with Crippen LogP contribution in [-0.2, 0) is 24.2 Å². The Balaban J connectivity index is 1.49. The van der Waals surface area contributed by atoms with E-state index in [1.54, 1.807) is 17.0 Å². The molecule has 1 aliphatic heterocycles. The van der Waals surface area contributed by atoms with Crippen LogP contribution < -0.4 is 5.73 Å². The van der Waals surface area contributed by atoms with Gasteiger partial charge in [-0.05, 0) is 47.7 Å². The maximum absolute atomic E-state index is 12.8. The largest absolute Gasteiger partial charge is 0.508 e. The van der Waals surface area contributed by atoms with Crippen LogP contribution in [0.1, 0.15) is 16.7 Å². The molecule has 5 nitrogen and oxygen atoms in total. The van der Waals surface area contributed by atoms with Gasteiger partial charge in [-0.25, -0.2) is 0 Å². The first-order chi connectivity index (χ1) is 12.1. The molecule has 4 rings (SSSR count). The van der Waals surface area contributed by atoms with Gasteiger partial charge in [0.15, 0.2) is 0 Å². The minimum Gasteiger partial charge on any atom is -0.508 e. The summed E-state index contributed by atoms with van der Waals surface area (Å²) >= 11 is 0. The highest BCUT2D eigenvalue weighted by Crippen LogP contribution is 2.24. The lowest BCUT2D eigenvalue weighted by molar-refractivity contribution is -0.133. The average molecular weight is 335 g/mol. The molecular formula is C20H21N3O2. The first kappa shape index (κ1) is 15.7. The molecule has 0 unspecified atom stereocenters. The predicted octanol–water partition coefficient (Wildman–Crippen LogP) is 2.33. The van der Waals surface area contributed by atoms with E-state index in [1.165, 1.54) is 5.56 Å². The van der Waals surface area contributed by atoms with Crippen molar-refractivity contribution in [2.24, 2.45) is 5.73 Å². The Bertz CT molecular complexity index is 932. The number of phenols is 1. The topological polar surface area (TPSA) is 82.4 Å². The molecule has 2 heterocycles. The van der Waals surface area contributed by atoms with E-state index in [0.29, 0.717) is 19.5 Å². The van der Waals surface area contributed by atoms with Gasteiger partial charge >= 0.3 is 0 Å². The van der Waals surface area contributed by atoms with Crippen LogP contribution in [0, 0.1) is 0 Å². The van der Waals surface area contributed by atoms with E-state index in [4.69, 9.17) is 5.73 Å². The lowest BCUT2D eigenvalue weighted by atomic mass is 9.98. The summed E-state index contributed by atoms with van der Waals surface area (Å²) in [6.07, 6.45) is 3.23. The number of hydrogen-bond acceptors (Lipinski definition) is 3. The number of rotatable bonds is 3. The van der Waals surface area contributed by atoms with Crippen molar-refractivity contribution in [3.05, 3.63) is 65.4 Å². The van der Waals surface area contributed by atoms with E-state index in [1.807, 2.05) is 36.5 Å². The molecular weight excluding hydrogens is 314 g/mol. The summed E-state index contributed by atoms with van der Waals surface area (Å²) in [5.74, 6) is 0.190. The Morgan fingerprint density at radius 1 is 1.24 bits per heavy atom. The summed E-state index contributed by atoms with van der Waals surface area (Å²) in [5, 5.41) is 10.8. The van der Waals surface area contributed by atoms with E-state index < -0.39 is 6.04 Å². The van der Waals surface area contributed by atoms with E-state index in [2.05, 4.69) is 4.98 Å². The molecule has 1 atom stereocenters. The predicted molar refractivity (Wildman–Crippen MR) is 97.2 cm³/mol. The summed E-state index contributed by atoms with van der Waals surface area (Å²) < 4.78 is 0. The van der Waals surface area contributed by atoms with E-state index >= 15 is 0 Å². The number of benzene rings is 2. The highest BCUT2D eigenvalue weighted by Gasteiger charge is 2.26. The number of aromatic hydroxyl groups is 1. The molecule has 5 heteroatoms. The molecule has 0 aliphatic carbocycles. The summed E-state index contributed by atoms with van der Waals surface area (Å²) in [4.78, 5) is 17.8. The van der Waals surface area contributed by atoms with Crippen molar-refractivity contribution in [1.82, 2.24) is 9.88 Å². The number of hydrogen-bond donors (Lipinski definition) is 3. The molecule has 3 aromatic rings. The maximum atomic E-state index is 12.8. The number of nitrogens with one attached hydrogen (secondary N) is 1. The number of carbonyl (C=O) groups is 1. The normalized spacial score (nSPS) is 15.2. The van der Waals surface area contributed by atoms with Gasteiger partial charge in [-0.1, -0.05) is 24.3 Å². The van der Waals surface area contributed by atoms with E-state index in [0.717, 1.165) is 28.5 Å². The number of phenolic OH excluding ortho intramolecular Hbond substituents is 1. The first-order valence-corrected chi connectivity index (χ1v) is 8.52. The third-order valence-electron chi connectivity index (χ3n) is 4.95. The lowest BCUT2D eigenvalue weighted by Gasteiger charge is -2.31. The van der Waals surface area contributed by atoms with Gasteiger partial charge in [0.25, 0.3) is 0 Å². The SMILES string of the molecule is N[C@@H](Cc1c[nH]c2ccccc12)C(=O)N1CCc2ccc(O)cc2C1. The second kappa shape index (κ2) is 6.26. The number of aromatic nitrogens is 1. The molecule has 0 radical (unpaired) electrons. The van der Waals surface area contributed by atoms with Crippen molar-refractivity contribution in [3.63, 3.8) is 0 Å². The number of aromatic amines is 1. The van der Waals surface area contributed by atoms with Gasteiger partial charge in [0.05, 0.1) is 6.04 Å². The van der Waals surface area contributed by atoms with Crippen molar-refractivity contribution in [3.8, 4) is 5.75 Å². The maximum Gasteiger partial charge on any atom is 0.240 e. The second-order valence-corrected chi connectivity index (χ2v) is 6.63. The smallest absolute Gasteiger partial charge is 0.240 e. The molecule has 4 N–H and O–H groups in total. The van der Waals surface area contributed by atoms with Crippen LogP contribution in [0.25, 0.3) is 10.9 Å². The number of fused-ring (bicyclic) bond motifs is 2. The van der Waals surface area contributed by atoms with Gasteiger partial charge in [-0.2, -0.15) is 0 Å². The number of amides is 1. The zero-order chi connectivity index (χ0) is 17.4. The fraction of sp³-hybridized carbons (Fsp3) is 0.250. The molecule has 0 fully saturated rings. The van der Waals surface area contributed by atoms with Gasteiger partial charge in [0.1, 0.15) is 5.75 Å². The molecule has 0 saturated heterocycles. The molecule has 2 aromatic carbocycles. The molecule has 0 spiro atoms. The molecule has 128 valence electrons. The minimum atomic E-state index is -0.571. The standard InChI is InChI=1S/C20H21N3O2/c21-18(10-14-11-22-19-4-2-1-3-17(14)19)20(25)23-8-7-13-5-6-16(24)9-15(13)12-23/h1-6,9,11,18,22,24H,7-8,10,12,21H2/t18-/m0/s1. The molecule has 1 aromatic heterocycles. The van der Waals surface area contributed by atoms with Crippen LogP contribution >= 0.6 is 0 Å². The summed E-state index contributed by atoms with van der Waals surface area (Å²) in [6.45, 7) is 1.17. The summed E-state index contributed by atoms with van der Waals surface area (Å²) in [6, 6.07) is 12.8. The first-order valence-electron chi connectivity index (χ1n) is 8.52. The van der Waals surface area contributed by atoms with E-state index in [-0.39, 0.29) is 11.7 Å². The molecule has 1 amide bonds. The molecule has 25 heavy (non-hydrogen) atoms. The van der Waals surface area contributed by atoms with Gasteiger partial charge in [0, 0.05) is 30.2 Å². The zero-order valence-corrected chi connectivity index (χ0v) is 13.9. The summed E-state index contributed by atoms with van der Waals surface area (Å²) in [5.41, 5.74) is 10.5. The van der Waals surface area contributed by atoms with Crippen LogP contribution in [-0.4, -0.2) is 33.5 Å². The number of para-hydroxylation sites is 1. The Kier molecular flexibility index (Phi) is 3.93. The highest BCUT2D eigenvalue weighted by molar-refractivity contribution is 5.86. The zero-order valence-electron chi connectivity index (χ0n) is 13.9.